The molecule has 0 spiro atoms. The highest BCUT2D eigenvalue weighted by Crippen LogP contribution is 2.34. The summed E-state index contributed by atoms with van der Waals surface area (Å²) in [5.41, 5.74) is 1.38. The van der Waals surface area contributed by atoms with E-state index in [4.69, 9.17) is 9.15 Å². The lowest BCUT2D eigenvalue weighted by Crippen LogP contribution is -2.42. The number of thioether (sulfide) groups is 1. The summed E-state index contributed by atoms with van der Waals surface area (Å²) in [5.74, 6) is 0.361. The van der Waals surface area contributed by atoms with E-state index in [1.54, 1.807) is 12.1 Å². The number of rotatable bonds is 8. The van der Waals surface area contributed by atoms with Gasteiger partial charge in [0.1, 0.15) is 17.6 Å². The molecule has 10 nitrogen and oxygen atoms in total. The average molecular weight is 496 g/mol. The molecule has 3 amide bonds. The highest BCUT2D eigenvalue weighted by atomic mass is 32.2. The molecule has 35 heavy (non-hydrogen) atoms. The van der Waals surface area contributed by atoms with Gasteiger partial charge in [0.2, 0.25) is 11.8 Å². The number of nitrogens with one attached hydrogen (secondary N) is 2. The highest BCUT2D eigenvalue weighted by Gasteiger charge is 2.42. The third kappa shape index (κ3) is 5.30. The monoisotopic (exact) mass is 495 g/mol. The molecule has 0 aliphatic carbocycles. The van der Waals surface area contributed by atoms with Gasteiger partial charge in [-0.1, -0.05) is 23.9 Å². The number of aliphatic imine (C=N–C) groups is 2. The van der Waals surface area contributed by atoms with Gasteiger partial charge < -0.3 is 19.8 Å². The van der Waals surface area contributed by atoms with Gasteiger partial charge in [0, 0.05) is 18.7 Å². The second-order valence-corrected chi connectivity index (χ2v) is 9.28. The molecule has 4 heterocycles. The van der Waals surface area contributed by atoms with E-state index in [0.29, 0.717) is 34.6 Å². The van der Waals surface area contributed by atoms with E-state index in [0.717, 1.165) is 19.4 Å². The predicted octanol–water partition coefficient (Wildman–Crippen LogP) is 1.97. The van der Waals surface area contributed by atoms with Gasteiger partial charge >= 0.3 is 0 Å². The second kappa shape index (κ2) is 10.4. The molecular weight excluding hydrogens is 470 g/mol. The number of furan rings is 1. The van der Waals surface area contributed by atoms with Gasteiger partial charge in [-0.2, -0.15) is 0 Å². The van der Waals surface area contributed by atoms with Crippen molar-refractivity contribution in [3.63, 3.8) is 0 Å². The fraction of sp³-hybridized carbons (Fsp3) is 0.375. The zero-order valence-electron chi connectivity index (χ0n) is 18.9. The summed E-state index contributed by atoms with van der Waals surface area (Å²) in [5, 5.41) is 6.00. The number of benzene rings is 1. The van der Waals surface area contributed by atoms with Crippen LogP contribution in [0.4, 0.5) is 5.69 Å². The maximum atomic E-state index is 13.3. The minimum atomic E-state index is -0.869. The zero-order valence-corrected chi connectivity index (χ0v) is 19.8. The first-order valence-electron chi connectivity index (χ1n) is 11.5. The largest absolute Gasteiger partial charge is 0.467 e. The minimum Gasteiger partial charge on any atom is -0.467 e. The molecule has 0 radical (unpaired) electrons. The molecule has 0 saturated carbocycles. The maximum Gasteiger partial charge on any atom is 0.259 e. The van der Waals surface area contributed by atoms with Crippen molar-refractivity contribution in [2.24, 2.45) is 9.98 Å². The molecule has 2 atom stereocenters. The van der Waals surface area contributed by atoms with Crippen LogP contribution in [-0.4, -0.2) is 64.7 Å². The molecule has 1 saturated heterocycles. The lowest BCUT2D eigenvalue weighted by Gasteiger charge is -2.25. The Morgan fingerprint density at radius 3 is 2.83 bits per heavy atom. The molecule has 1 fully saturated rings. The van der Waals surface area contributed by atoms with Crippen LogP contribution < -0.4 is 10.6 Å². The van der Waals surface area contributed by atoms with Gasteiger partial charge in [-0.15, -0.1) is 0 Å². The van der Waals surface area contributed by atoms with E-state index < -0.39 is 6.04 Å². The first-order valence-corrected chi connectivity index (χ1v) is 12.5. The highest BCUT2D eigenvalue weighted by molar-refractivity contribution is 8.14. The Morgan fingerprint density at radius 2 is 2.03 bits per heavy atom. The molecule has 2 N–H and O–H groups in total. The Hall–Kier alpha value is -3.44. The topological polar surface area (TPSA) is 126 Å². The Kier molecular flexibility index (Phi) is 6.96. The van der Waals surface area contributed by atoms with Crippen LogP contribution in [-0.2, 0) is 25.7 Å². The number of nitrogens with zero attached hydrogens (tertiary/aromatic N) is 3. The van der Waals surface area contributed by atoms with Gasteiger partial charge in [0.15, 0.2) is 5.17 Å². The Labute approximate surface area is 206 Å². The molecule has 1 aromatic heterocycles. The van der Waals surface area contributed by atoms with E-state index in [-0.39, 0.29) is 42.5 Å². The molecule has 2 aromatic rings. The number of amides is 3. The number of amidine groups is 2. The lowest BCUT2D eigenvalue weighted by atomic mass is 10.1. The van der Waals surface area contributed by atoms with Crippen molar-refractivity contribution in [2.45, 2.75) is 38.0 Å². The summed E-state index contributed by atoms with van der Waals surface area (Å²) in [6, 6.07) is 10.0. The van der Waals surface area contributed by atoms with Crippen LogP contribution in [0, 0.1) is 0 Å². The van der Waals surface area contributed by atoms with E-state index in [9.17, 15) is 14.4 Å². The van der Waals surface area contributed by atoms with Gasteiger partial charge in [-0.05, 0) is 37.1 Å². The molecule has 182 valence electrons. The van der Waals surface area contributed by atoms with Crippen LogP contribution in [0.3, 0.4) is 0 Å². The van der Waals surface area contributed by atoms with Crippen molar-refractivity contribution in [2.75, 3.05) is 18.9 Å². The number of ether oxygens (including phenoxy) is 1. The van der Waals surface area contributed by atoms with E-state index in [2.05, 4.69) is 20.6 Å². The van der Waals surface area contributed by atoms with Crippen LogP contribution >= 0.6 is 11.8 Å². The first-order chi connectivity index (χ1) is 17.1. The normalized spacial score (nSPS) is 20.7. The summed E-state index contributed by atoms with van der Waals surface area (Å²) < 4.78 is 10.8. The average Bonchev–Trinajstić information content (AvgIpc) is 3.63. The van der Waals surface area contributed by atoms with Crippen molar-refractivity contribution in [3.05, 3.63) is 54.0 Å². The van der Waals surface area contributed by atoms with Gasteiger partial charge in [-0.3, -0.25) is 19.4 Å². The number of fused-ring (bicyclic) bond motifs is 3. The minimum absolute atomic E-state index is 0.0569. The van der Waals surface area contributed by atoms with Crippen LogP contribution in [0.25, 0.3) is 0 Å². The third-order valence-corrected chi connectivity index (χ3v) is 6.79. The molecule has 3 aliphatic heterocycles. The second-order valence-electron chi connectivity index (χ2n) is 8.34. The summed E-state index contributed by atoms with van der Waals surface area (Å²) >= 11 is 1.17. The van der Waals surface area contributed by atoms with Crippen LogP contribution in [0.15, 0.2) is 57.1 Å². The SMILES string of the molecule is O=C(CSC1=Nc2ccccc2C2=N[C@@H](CC(=O)NCc3ccco3)C(=O)N12)NC[C@@H]1CCCO1. The van der Waals surface area contributed by atoms with Crippen molar-refractivity contribution >= 4 is 46.2 Å². The summed E-state index contributed by atoms with van der Waals surface area (Å²) in [6.45, 7) is 1.44. The van der Waals surface area contributed by atoms with Crippen LogP contribution in [0.2, 0.25) is 0 Å². The quantitative estimate of drug-likeness (QED) is 0.577. The van der Waals surface area contributed by atoms with E-state index in [1.165, 1.54) is 22.9 Å². The van der Waals surface area contributed by atoms with Crippen molar-refractivity contribution < 1.29 is 23.5 Å². The number of carbonyl (C=O) groups is 3. The Bertz CT molecular complexity index is 1170. The molecule has 5 rings (SSSR count). The van der Waals surface area contributed by atoms with Gasteiger partial charge in [0.25, 0.3) is 5.91 Å². The van der Waals surface area contributed by atoms with Crippen LogP contribution in [0.1, 0.15) is 30.6 Å². The van der Waals surface area contributed by atoms with Crippen LogP contribution in [0.5, 0.6) is 0 Å². The molecule has 3 aliphatic rings. The molecule has 0 unspecified atom stereocenters. The van der Waals surface area contributed by atoms with E-state index in [1.807, 2.05) is 24.3 Å². The summed E-state index contributed by atoms with van der Waals surface area (Å²) in [4.78, 5) is 48.8. The predicted molar refractivity (Wildman–Crippen MR) is 130 cm³/mol. The number of carbonyl (C=O) groups excluding carboxylic acids is 3. The molecular formula is C24H25N5O5S. The number of para-hydroxylation sites is 1. The molecule has 1 aromatic carbocycles. The fourth-order valence-corrected chi connectivity index (χ4v) is 4.92. The van der Waals surface area contributed by atoms with Crippen molar-refractivity contribution in [1.82, 2.24) is 15.5 Å². The Balaban J connectivity index is 1.25. The summed E-state index contributed by atoms with van der Waals surface area (Å²) in [7, 11) is 0. The zero-order chi connectivity index (χ0) is 24.2. The summed E-state index contributed by atoms with van der Waals surface area (Å²) in [6.07, 6.45) is 3.44. The van der Waals surface area contributed by atoms with Gasteiger partial charge in [-0.25, -0.2) is 9.89 Å². The van der Waals surface area contributed by atoms with Crippen molar-refractivity contribution in [1.29, 1.82) is 0 Å². The third-order valence-electron chi connectivity index (χ3n) is 5.85. The lowest BCUT2D eigenvalue weighted by molar-refractivity contribution is -0.128. The van der Waals surface area contributed by atoms with Gasteiger partial charge in [0.05, 0.1) is 36.8 Å². The Morgan fingerprint density at radius 1 is 1.14 bits per heavy atom. The number of hydrogen-bond donors (Lipinski definition) is 2. The van der Waals surface area contributed by atoms with Crippen molar-refractivity contribution in [3.8, 4) is 0 Å². The molecule has 11 heteroatoms. The number of hydrogen-bond acceptors (Lipinski definition) is 8. The maximum absolute atomic E-state index is 13.3. The first kappa shape index (κ1) is 23.3. The standard InChI is InChI=1S/C24H25N5O5S/c30-20(25-12-15-5-3-9-33-15)11-19-23(32)29-22(27-19)17-7-1-2-8-18(17)28-24(29)35-14-21(31)26-13-16-6-4-10-34-16/h1-3,5,7-9,16,19H,4,6,10-14H2,(H,25,30)(H,26,31)/t16-,19-/m0/s1. The molecule has 0 bridgehead atoms. The smallest absolute Gasteiger partial charge is 0.259 e. The van der Waals surface area contributed by atoms with E-state index >= 15 is 0 Å². The fourth-order valence-electron chi connectivity index (χ4n) is 4.09.